The molecule has 0 saturated carbocycles. The molecule has 4 heteroatoms. The van der Waals surface area contributed by atoms with Crippen LogP contribution in [0.5, 0.6) is 0 Å². The number of carboxylic acid groups (broad SMARTS) is 1. The molecule has 0 aromatic rings. The summed E-state index contributed by atoms with van der Waals surface area (Å²) < 4.78 is 0. The van der Waals surface area contributed by atoms with Gasteiger partial charge in [-0.15, -0.1) is 0 Å². The Morgan fingerprint density at radius 1 is 1.37 bits per heavy atom. The van der Waals surface area contributed by atoms with Gasteiger partial charge in [0.05, 0.1) is 0 Å². The maximum absolute atomic E-state index is 11.7. The Kier molecular flexibility index (Phi) is 6.33. The first-order valence-corrected chi connectivity index (χ1v) is 6.86. The predicted molar refractivity (Wildman–Crippen MR) is 74.7 cm³/mol. The van der Waals surface area contributed by atoms with Gasteiger partial charge in [0.15, 0.2) is 0 Å². The van der Waals surface area contributed by atoms with Crippen LogP contribution in [0.4, 0.5) is 0 Å². The topological polar surface area (TPSA) is 66.4 Å². The van der Waals surface area contributed by atoms with E-state index in [0.717, 1.165) is 24.8 Å². The Balaban J connectivity index is 2.48. The highest BCUT2D eigenvalue weighted by molar-refractivity contribution is 5.83. The third kappa shape index (κ3) is 6.22. The van der Waals surface area contributed by atoms with Crippen molar-refractivity contribution < 1.29 is 14.7 Å². The Morgan fingerprint density at radius 3 is 2.63 bits per heavy atom. The highest BCUT2D eigenvalue weighted by atomic mass is 16.4. The summed E-state index contributed by atoms with van der Waals surface area (Å²) in [6, 6.07) is -0.825. The van der Waals surface area contributed by atoms with E-state index >= 15 is 0 Å². The zero-order chi connectivity index (χ0) is 14.3. The fourth-order valence-corrected chi connectivity index (χ4v) is 1.94. The second-order valence-electron chi connectivity index (χ2n) is 5.35. The minimum Gasteiger partial charge on any atom is -0.480 e. The van der Waals surface area contributed by atoms with Gasteiger partial charge in [-0.2, -0.15) is 0 Å². The Bertz CT molecular complexity index is 383. The zero-order valence-corrected chi connectivity index (χ0v) is 11.7. The van der Waals surface area contributed by atoms with Gasteiger partial charge in [0.1, 0.15) is 6.04 Å². The summed E-state index contributed by atoms with van der Waals surface area (Å²) >= 11 is 0. The summed E-state index contributed by atoms with van der Waals surface area (Å²) in [5, 5.41) is 11.8. The number of carbonyl (C=O) groups is 2. The third-order valence-electron chi connectivity index (χ3n) is 3.09. The highest BCUT2D eigenvalue weighted by Gasteiger charge is 2.20. The van der Waals surface area contributed by atoms with E-state index in [1.54, 1.807) is 0 Å². The largest absolute Gasteiger partial charge is 0.480 e. The third-order valence-corrected chi connectivity index (χ3v) is 3.09. The quantitative estimate of drug-likeness (QED) is 0.743. The molecule has 1 atom stereocenters. The van der Waals surface area contributed by atoms with Gasteiger partial charge in [-0.3, -0.25) is 4.79 Å². The van der Waals surface area contributed by atoms with E-state index in [-0.39, 0.29) is 5.91 Å². The molecule has 0 radical (unpaired) electrons. The van der Waals surface area contributed by atoms with Crippen LogP contribution in [0.3, 0.4) is 0 Å². The fraction of sp³-hybridized carbons (Fsp3) is 0.600. The molecule has 1 unspecified atom stereocenters. The summed E-state index contributed by atoms with van der Waals surface area (Å²) in [5.41, 5.74) is 0.989. The lowest BCUT2D eigenvalue weighted by Crippen LogP contribution is -2.41. The van der Waals surface area contributed by atoms with E-state index in [2.05, 4.69) is 5.32 Å². The predicted octanol–water partition coefficient (Wildman–Crippen LogP) is 2.66. The van der Waals surface area contributed by atoms with Gasteiger partial charge in [0, 0.05) is 12.8 Å². The maximum Gasteiger partial charge on any atom is 0.326 e. The van der Waals surface area contributed by atoms with E-state index in [1.165, 1.54) is 0 Å². The van der Waals surface area contributed by atoms with Crippen LogP contribution in [0.15, 0.2) is 23.8 Å². The summed E-state index contributed by atoms with van der Waals surface area (Å²) in [6.07, 6.45) is 9.49. The summed E-state index contributed by atoms with van der Waals surface area (Å²) in [4.78, 5) is 22.9. The zero-order valence-electron chi connectivity index (χ0n) is 11.7. The van der Waals surface area contributed by atoms with Crippen LogP contribution in [-0.4, -0.2) is 23.0 Å². The first kappa shape index (κ1) is 15.5. The number of allylic oxidation sites excluding steroid dienone is 3. The van der Waals surface area contributed by atoms with Crippen molar-refractivity contribution in [1.29, 1.82) is 0 Å². The van der Waals surface area contributed by atoms with Crippen LogP contribution in [0.2, 0.25) is 0 Å². The van der Waals surface area contributed by atoms with Gasteiger partial charge >= 0.3 is 5.97 Å². The lowest BCUT2D eigenvalue weighted by molar-refractivity contribution is -0.141. The lowest BCUT2D eigenvalue weighted by Gasteiger charge is -2.16. The average Bonchev–Trinajstić information content (AvgIpc) is 2.36. The molecule has 1 rings (SSSR count). The first-order chi connectivity index (χ1) is 8.99. The maximum atomic E-state index is 11.7. The van der Waals surface area contributed by atoms with Crippen molar-refractivity contribution in [3.8, 4) is 0 Å². The lowest BCUT2D eigenvalue weighted by atomic mass is 10.00. The Hall–Kier alpha value is -1.58. The fourth-order valence-electron chi connectivity index (χ4n) is 1.94. The average molecular weight is 265 g/mol. The van der Waals surface area contributed by atoms with Crippen molar-refractivity contribution in [1.82, 2.24) is 5.32 Å². The van der Waals surface area contributed by atoms with Crippen molar-refractivity contribution >= 4 is 11.9 Å². The second kappa shape index (κ2) is 7.77. The van der Waals surface area contributed by atoms with E-state index < -0.39 is 12.0 Å². The molecule has 4 nitrogen and oxygen atoms in total. The van der Waals surface area contributed by atoms with Crippen molar-refractivity contribution in [3.05, 3.63) is 23.8 Å². The summed E-state index contributed by atoms with van der Waals surface area (Å²) in [7, 11) is 0. The molecule has 1 amide bonds. The van der Waals surface area contributed by atoms with Crippen LogP contribution < -0.4 is 5.32 Å². The van der Waals surface area contributed by atoms with Crippen molar-refractivity contribution in [3.63, 3.8) is 0 Å². The highest BCUT2D eigenvalue weighted by Crippen LogP contribution is 2.15. The molecule has 0 aliphatic heterocycles. The van der Waals surface area contributed by atoms with Crippen molar-refractivity contribution in [2.45, 2.75) is 52.0 Å². The number of hydrogen-bond acceptors (Lipinski definition) is 2. The molecule has 0 fully saturated rings. The van der Waals surface area contributed by atoms with Gasteiger partial charge in [-0.25, -0.2) is 4.79 Å². The number of carbonyl (C=O) groups excluding carboxylic acids is 1. The van der Waals surface area contributed by atoms with E-state index in [0.29, 0.717) is 18.8 Å². The number of carboxylic acids is 1. The number of rotatable bonds is 7. The Morgan fingerprint density at radius 2 is 2.11 bits per heavy atom. The van der Waals surface area contributed by atoms with Gasteiger partial charge in [0.2, 0.25) is 5.91 Å². The number of nitrogens with one attached hydrogen (secondary N) is 1. The first-order valence-electron chi connectivity index (χ1n) is 6.86. The van der Waals surface area contributed by atoms with Gasteiger partial charge in [-0.05, 0) is 30.8 Å². The molecule has 19 heavy (non-hydrogen) atoms. The van der Waals surface area contributed by atoms with Crippen LogP contribution in [0.25, 0.3) is 0 Å². The molecule has 0 spiro atoms. The molecule has 1 aliphatic rings. The van der Waals surface area contributed by atoms with Crippen LogP contribution in [-0.2, 0) is 9.59 Å². The van der Waals surface area contributed by atoms with E-state index in [9.17, 15) is 9.59 Å². The van der Waals surface area contributed by atoms with Crippen molar-refractivity contribution in [2.24, 2.45) is 5.92 Å². The van der Waals surface area contributed by atoms with E-state index in [1.807, 2.05) is 32.1 Å². The molecule has 0 aromatic carbocycles. The van der Waals surface area contributed by atoms with E-state index in [4.69, 9.17) is 5.11 Å². The van der Waals surface area contributed by atoms with Crippen LogP contribution >= 0.6 is 0 Å². The Labute approximate surface area is 114 Å². The van der Waals surface area contributed by atoms with Gasteiger partial charge in [-0.1, -0.05) is 32.1 Å². The SMILES string of the molecule is CC(C)CCC(=O)NC(CC1=CCCC=C1)C(=O)O. The summed E-state index contributed by atoms with van der Waals surface area (Å²) in [6.45, 7) is 4.08. The molecule has 0 bridgehead atoms. The molecule has 1 aliphatic carbocycles. The molecule has 2 N–H and O–H groups in total. The van der Waals surface area contributed by atoms with Crippen LogP contribution in [0, 0.1) is 5.92 Å². The summed E-state index contributed by atoms with van der Waals surface area (Å²) in [5.74, 6) is -0.711. The minimum atomic E-state index is -0.974. The molecule has 0 saturated heterocycles. The van der Waals surface area contributed by atoms with Crippen molar-refractivity contribution in [2.75, 3.05) is 0 Å². The number of amides is 1. The normalized spacial score (nSPS) is 16.1. The van der Waals surface area contributed by atoms with Crippen LogP contribution in [0.1, 0.15) is 46.0 Å². The monoisotopic (exact) mass is 265 g/mol. The minimum absolute atomic E-state index is 0.179. The molecule has 106 valence electrons. The standard InChI is InChI=1S/C15H23NO3/c1-11(2)8-9-14(17)16-13(15(18)19)10-12-6-4-3-5-7-12/h4,6-7,11,13H,3,5,8-10H2,1-2H3,(H,16,17)(H,18,19). The molecular formula is C15H23NO3. The smallest absolute Gasteiger partial charge is 0.326 e. The number of hydrogen-bond donors (Lipinski definition) is 2. The molecule has 0 aromatic heterocycles. The molecule has 0 heterocycles. The van der Waals surface area contributed by atoms with Gasteiger partial charge in [0.25, 0.3) is 0 Å². The molecular weight excluding hydrogens is 242 g/mol. The van der Waals surface area contributed by atoms with Gasteiger partial charge < -0.3 is 10.4 Å². The second-order valence-corrected chi connectivity index (χ2v) is 5.35. The number of aliphatic carboxylic acids is 1.